The molecule has 1 N–H and O–H groups in total. The number of amidine groups is 1. The van der Waals surface area contributed by atoms with Gasteiger partial charge in [-0.25, -0.2) is 19.9 Å². The number of allylic oxidation sites excluding steroid dienone is 4. The summed E-state index contributed by atoms with van der Waals surface area (Å²) in [7, 11) is 0. The summed E-state index contributed by atoms with van der Waals surface area (Å²) >= 11 is 3.65. The molecule has 3 unspecified atom stereocenters. The Morgan fingerprint density at radius 1 is 0.649 bits per heavy atom. The lowest BCUT2D eigenvalue weighted by atomic mass is 9.82. The van der Waals surface area contributed by atoms with Crippen molar-refractivity contribution in [3.05, 3.63) is 173 Å². The molecule has 5 aromatic carbocycles. The number of nitrogens with one attached hydrogen (secondary N) is 1. The monoisotopic (exact) mass is 771 g/mol. The minimum absolute atomic E-state index is 0.0196. The maximum atomic E-state index is 6.66. The average molecular weight is 772 g/mol. The molecule has 0 saturated carbocycles. The largest absolute Gasteiger partial charge is 0.485 e. The van der Waals surface area contributed by atoms with Crippen molar-refractivity contribution in [2.75, 3.05) is 0 Å². The van der Waals surface area contributed by atoms with Crippen LogP contribution in [0.2, 0.25) is 0 Å². The molecule has 8 heteroatoms. The third-order valence-electron chi connectivity index (χ3n) is 11.4. The molecule has 5 heterocycles. The molecule has 0 bridgehead atoms. The zero-order valence-electron chi connectivity index (χ0n) is 30.6. The fourth-order valence-electron chi connectivity index (χ4n) is 8.68. The molecule has 57 heavy (non-hydrogen) atoms. The smallest absolute Gasteiger partial charge is 0.164 e. The first-order valence-corrected chi connectivity index (χ1v) is 21.0. The zero-order chi connectivity index (χ0) is 37.5. The predicted molar refractivity (Wildman–Crippen MR) is 235 cm³/mol. The summed E-state index contributed by atoms with van der Waals surface area (Å²) in [5.74, 6) is 3.59. The Labute approximate surface area is 337 Å². The van der Waals surface area contributed by atoms with Crippen molar-refractivity contribution in [2.45, 2.75) is 30.9 Å². The standard InChI is InChI=1S/C49H33N5OS2/c1-3-12-28(13-4-1)43-45-44(33-17-8-10-21-40(33)57-45)51-49(50-43)34-18-11-19-38-42(34)36-27-30(22-24-37(36)55-38)47-52-46(29-14-5-2-6-15-29)53-48(54-47)31-23-25-41-35(26-31)32-16-7-9-20-39(32)56-41/h2-3,5-27,38,42-43H,1,4H2,(H,50,51). The molecular formula is C49H33N5OS2. The first-order chi connectivity index (χ1) is 28.2. The molecule has 0 amide bonds. The fourth-order valence-corrected chi connectivity index (χ4v) is 11.0. The maximum absolute atomic E-state index is 6.66. The lowest BCUT2D eigenvalue weighted by molar-refractivity contribution is 0.266. The number of hydrogen-bond acceptors (Lipinski definition) is 8. The summed E-state index contributed by atoms with van der Waals surface area (Å²) in [6.45, 7) is 0. The third kappa shape index (κ3) is 5.43. The highest BCUT2D eigenvalue weighted by molar-refractivity contribution is 7.25. The van der Waals surface area contributed by atoms with Crippen molar-refractivity contribution in [1.29, 1.82) is 0 Å². The van der Waals surface area contributed by atoms with E-state index < -0.39 is 0 Å². The molecule has 3 aromatic heterocycles. The molecule has 8 aromatic rings. The quantitative estimate of drug-likeness (QED) is 0.189. The van der Waals surface area contributed by atoms with Crippen molar-refractivity contribution < 1.29 is 4.74 Å². The van der Waals surface area contributed by atoms with Gasteiger partial charge >= 0.3 is 0 Å². The fraction of sp³-hybridized carbons (Fsp3) is 0.102. The SMILES string of the molecule is C1=CC2Oc3ccc(-c4nc(-c5ccccc5)nc(-c5ccc6sc7ccccc7c6c5)n4)cc3C2C(C2=Nc3c(sc4ccccc34)C(C3=CCCC=C3)N2)=C1. The molecule has 0 spiro atoms. The van der Waals surface area contributed by atoms with Crippen molar-refractivity contribution in [3.63, 3.8) is 0 Å². The summed E-state index contributed by atoms with van der Waals surface area (Å²) in [5.41, 5.74) is 7.38. The van der Waals surface area contributed by atoms with Crippen molar-refractivity contribution in [2.24, 2.45) is 4.99 Å². The number of aromatic nitrogens is 3. The molecule has 0 radical (unpaired) electrons. The predicted octanol–water partition coefficient (Wildman–Crippen LogP) is 12.4. The molecule has 3 atom stereocenters. The van der Waals surface area contributed by atoms with E-state index in [2.05, 4.69) is 139 Å². The number of ether oxygens (including phenoxy) is 1. The molecule has 12 rings (SSSR count). The van der Waals surface area contributed by atoms with Gasteiger partial charge in [0.25, 0.3) is 0 Å². The van der Waals surface area contributed by atoms with Crippen molar-refractivity contribution >= 4 is 64.5 Å². The summed E-state index contributed by atoms with van der Waals surface area (Å²) in [6.07, 6.45) is 15.4. The Morgan fingerprint density at radius 3 is 2.19 bits per heavy atom. The van der Waals surface area contributed by atoms with Crippen LogP contribution in [-0.4, -0.2) is 26.9 Å². The zero-order valence-corrected chi connectivity index (χ0v) is 32.2. The van der Waals surface area contributed by atoms with E-state index in [9.17, 15) is 0 Å². The number of hydrogen-bond donors (Lipinski definition) is 1. The van der Waals surface area contributed by atoms with Crippen LogP contribution in [0.25, 0.3) is 64.4 Å². The van der Waals surface area contributed by atoms with Crippen LogP contribution in [0.4, 0.5) is 5.69 Å². The highest BCUT2D eigenvalue weighted by Gasteiger charge is 2.41. The van der Waals surface area contributed by atoms with E-state index in [1.165, 1.54) is 40.7 Å². The van der Waals surface area contributed by atoms with Crippen LogP contribution in [0, 0.1) is 0 Å². The highest BCUT2D eigenvalue weighted by atomic mass is 32.1. The van der Waals surface area contributed by atoms with E-state index in [-0.39, 0.29) is 18.1 Å². The Balaban J connectivity index is 0.973. The van der Waals surface area contributed by atoms with Gasteiger partial charge in [-0.3, -0.25) is 0 Å². The number of rotatable bonds is 5. The van der Waals surface area contributed by atoms with E-state index in [0.29, 0.717) is 17.5 Å². The lowest BCUT2D eigenvalue weighted by Gasteiger charge is -2.31. The molecule has 2 aliphatic heterocycles. The molecule has 272 valence electrons. The van der Waals surface area contributed by atoms with Gasteiger partial charge in [0.2, 0.25) is 0 Å². The summed E-state index contributed by atoms with van der Waals surface area (Å²) in [5, 5.41) is 7.57. The van der Waals surface area contributed by atoms with Crippen LogP contribution in [0.15, 0.2) is 168 Å². The van der Waals surface area contributed by atoms with Crippen LogP contribution in [0.1, 0.15) is 35.2 Å². The Kier molecular flexibility index (Phi) is 7.49. The average Bonchev–Trinajstić information content (AvgIpc) is 3.97. The topological polar surface area (TPSA) is 72.3 Å². The second kappa shape index (κ2) is 13.0. The van der Waals surface area contributed by atoms with Gasteiger partial charge in [0.05, 0.1) is 22.5 Å². The second-order valence-corrected chi connectivity index (χ2v) is 17.0. The van der Waals surface area contributed by atoms with E-state index in [0.717, 1.165) is 57.9 Å². The number of fused-ring (bicyclic) bond motifs is 9. The number of benzene rings is 5. The Morgan fingerprint density at radius 2 is 1.37 bits per heavy atom. The number of thiophene rings is 2. The summed E-state index contributed by atoms with van der Waals surface area (Å²) in [6, 6.07) is 40.3. The highest BCUT2D eigenvalue weighted by Crippen LogP contribution is 2.50. The maximum Gasteiger partial charge on any atom is 0.164 e. The van der Waals surface area contributed by atoms with Gasteiger partial charge in [0.15, 0.2) is 17.5 Å². The minimum atomic E-state index is -0.159. The van der Waals surface area contributed by atoms with Crippen LogP contribution in [-0.2, 0) is 0 Å². The van der Waals surface area contributed by atoms with Crippen LogP contribution in [0.5, 0.6) is 5.75 Å². The molecule has 4 aliphatic rings. The lowest BCUT2D eigenvalue weighted by Crippen LogP contribution is -2.36. The minimum Gasteiger partial charge on any atom is -0.485 e. The molecule has 2 aliphatic carbocycles. The van der Waals surface area contributed by atoms with E-state index in [1.54, 1.807) is 0 Å². The van der Waals surface area contributed by atoms with Gasteiger partial charge in [-0.15, -0.1) is 22.7 Å². The first-order valence-electron chi connectivity index (χ1n) is 19.4. The first kappa shape index (κ1) is 32.7. The summed E-state index contributed by atoms with van der Waals surface area (Å²) in [4.78, 5) is 22.0. The molecule has 0 fully saturated rings. The summed E-state index contributed by atoms with van der Waals surface area (Å²) < 4.78 is 10.4. The van der Waals surface area contributed by atoms with Crippen LogP contribution < -0.4 is 10.1 Å². The molecule has 0 saturated heterocycles. The third-order valence-corrected chi connectivity index (χ3v) is 13.8. The van der Waals surface area contributed by atoms with Gasteiger partial charge in [-0.05, 0) is 73.0 Å². The normalized spacial score (nSPS) is 19.4. The number of aliphatic imine (C=N–C) groups is 1. The van der Waals surface area contributed by atoms with Crippen LogP contribution in [0.3, 0.4) is 0 Å². The Hall–Kier alpha value is -6.48. The van der Waals surface area contributed by atoms with Gasteiger partial charge < -0.3 is 10.1 Å². The van der Waals surface area contributed by atoms with Gasteiger partial charge in [-0.2, -0.15) is 0 Å². The Bertz CT molecular complexity index is 3110. The van der Waals surface area contributed by atoms with E-state index in [1.807, 2.05) is 40.9 Å². The van der Waals surface area contributed by atoms with Gasteiger partial charge in [-0.1, -0.05) is 97.1 Å². The van der Waals surface area contributed by atoms with Gasteiger partial charge in [0, 0.05) is 58.1 Å². The van der Waals surface area contributed by atoms with E-state index >= 15 is 0 Å². The van der Waals surface area contributed by atoms with E-state index in [4.69, 9.17) is 24.7 Å². The molecule has 6 nitrogen and oxygen atoms in total. The molecular weight excluding hydrogens is 739 g/mol. The number of nitrogens with zero attached hydrogens (tertiary/aromatic N) is 4. The van der Waals surface area contributed by atoms with Crippen LogP contribution >= 0.6 is 22.7 Å². The van der Waals surface area contributed by atoms with Gasteiger partial charge in [0.1, 0.15) is 17.7 Å². The second-order valence-electron chi connectivity index (χ2n) is 14.8. The van der Waals surface area contributed by atoms with Crippen molar-refractivity contribution in [1.82, 2.24) is 20.3 Å². The van der Waals surface area contributed by atoms with Crippen molar-refractivity contribution in [3.8, 4) is 39.9 Å².